The number of hydrogen-bond acceptors (Lipinski definition) is 6. The number of ether oxygens (including phenoxy) is 1. The maximum Gasteiger partial charge on any atom is 0.328 e. The Kier molecular flexibility index (Phi) is 8.27. The molecule has 2 aromatic carbocycles. The van der Waals surface area contributed by atoms with Gasteiger partial charge in [0.2, 0.25) is 0 Å². The molecule has 4 N–H and O–H groups in total. The number of benzene rings is 2. The number of ketones is 1. The number of rotatable bonds is 6. The first-order valence-corrected chi connectivity index (χ1v) is 11.1. The van der Waals surface area contributed by atoms with Crippen LogP contribution in [0.25, 0.3) is 10.9 Å². The van der Waals surface area contributed by atoms with Crippen LogP contribution in [0.15, 0.2) is 60.8 Å². The molecule has 1 aliphatic rings. The van der Waals surface area contributed by atoms with Gasteiger partial charge in [0.05, 0.1) is 12.6 Å². The van der Waals surface area contributed by atoms with Gasteiger partial charge in [0.1, 0.15) is 5.75 Å². The van der Waals surface area contributed by atoms with E-state index in [9.17, 15) is 14.4 Å². The number of fused-ring (bicyclic) bond motifs is 1. The Hall–Kier alpha value is -4.11. The molecule has 0 unspecified atom stereocenters. The lowest BCUT2D eigenvalue weighted by Gasteiger charge is -2.28. The van der Waals surface area contributed by atoms with E-state index in [0.29, 0.717) is 34.9 Å². The van der Waals surface area contributed by atoms with Crippen LogP contribution in [0.3, 0.4) is 0 Å². The zero-order valence-electron chi connectivity index (χ0n) is 19.7. The van der Waals surface area contributed by atoms with E-state index in [1.165, 1.54) is 5.56 Å². The highest BCUT2D eigenvalue weighted by Gasteiger charge is 2.23. The van der Waals surface area contributed by atoms with Gasteiger partial charge in [-0.3, -0.25) is 9.47 Å². The molecule has 1 aliphatic heterocycles. The molecule has 0 spiro atoms. The first-order valence-electron chi connectivity index (χ1n) is 11.1. The van der Waals surface area contributed by atoms with Crippen molar-refractivity contribution >= 4 is 28.6 Å². The lowest BCUT2D eigenvalue weighted by atomic mass is 9.88. The zero-order chi connectivity index (χ0) is 25.5. The molecular formula is C26H29N3O6. The van der Waals surface area contributed by atoms with Gasteiger partial charge in [0.15, 0.2) is 5.78 Å². The minimum atomic E-state index is -1.26. The standard InChI is InChI=1S/C22H25N3O2.C4H4O4/c1-24-10-8-15(9-11-24)20-14-25(23)21-7-6-17(13-19(20)21)22(26)16-4-3-5-18(12-16)27-2;5-3(6)1-2-4(7)8/h3-7,12-15H,8-11,23H2,1-2H3;1-2H,(H,5,6)(H,7,8). The molecule has 0 atom stereocenters. The first kappa shape index (κ1) is 25.5. The van der Waals surface area contributed by atoms with E-state index in [1.807, 2.05) is 42.6 Å². The van der Waals surface area contributed by atoms with Gasteiger partial charge in [0, 0.05) is 34.9 Å². The molecule has 184 valence electrons. The molecule has 1 fully saturated rings. The van der Waals surface area contributed by atoms with Crippen LogP contribution in [0.5, 0.6) is 5.75 Å². The summed E-state index contributed by atoms with van der Waals surface area (Å²) in [6.07, 6.45) is 5.37. The van der Waals surface area contributed by atoms with Crippen molar-refractivity contribution in [2.45, 2.75) is 18.8 Å². The summed E-state index contributed by atoms with van der Waals surface area (Å²) in [7, 11) is 3.76. The quantitative estimate of drug-likeness (QED) is 0.279. The minimum Gasteiger partial charge on any atom is -0.497 e. The topological polar surface area (TPSA) is 135 Å². The number of piperidine rings is 1. The van der Waals surface area contributed by atoms with Gasteiger partial charge in [-0.2, -0.15) is 0 Å². The number of hydrogen-bond donors (Lipinski definition) is 3. The van der Waals surface area contributed by atoms with Gasteiger partial charge in [0.25, 0.3) is 0 Å². The lowest BCUT2D eigenvalue weighted by Crippen LogP contribution is -2.29. The maximum atomic E-state index is 13.0. The molecule has 1 aromatic heterocycles. The molecule has 0 saturated carbocycles. The average Bonchev–Trinajstić information content (AvgIpc) is 3.19. The second-order valence-electron chi connectivity index (χ2n) is 8.37. The fraction of sp³-hybridized carbons (Fsp3) is 0.269. The zero-order valence-corrected chi connectivity index (χ0v) is 19.7. The van der Waals surface area contributed by atoms with E-state index in [2.05, 4.69) is 11.9 Å². The van der Waals surface area contributed by atoms with Crippen molar-refractivity contribution in [3.63, 3.8) is 0 Å². The predicted octanol–water partition coefficient (Wildman–Crippen LogP) is 3.12. The largest absolute Gasteiger partial charge is 0.497 e. The molecule has 9 nitrogen and oxygen atoms in total. The predicted molar refractivity (Wildman–Crippen MR) is 132 cm³/mol. The van der Waals surface area contributed by atoms with Gasteiger partial charge >= 0.3 is 11.9 Å². The number of carbonyl (C=O) groups is 3. The van der Waals surface area contributed by atoms with Crippen molar-refractivity contribution in [2.24, 2.45) is 0 Å². The van der Waals surface area contributed by atoms with Crippen LogP contribution < -0.4 is 10.6 Å². The van der Waals surface area contributed by atoms with Gasteiger partial charge < -0.3 is 25.7 Å². The maximum absolute atomic E-state index is 13.0. The van der Waals surface area contributed by atoms with Crippen molar-refractivity contribution < 1.29 is 29.3 Å². The molecular weight excluding hydrogens is 450 g/mol. The highest BCUT2D eigenvalue weighted by atomic mass is 16.5. The minimum absolute atomic E-state index is 0.00472. The van der Waals surface area contributed by atoms with Crippen molar-refractivity contribution in [3.8, 4) is 5.75 Å². The first-order chi connectivity index (χ1) is 16.7. The van der Waals surface area contributed by atoms with E-state index < -0.39 is 11.9 Å². The van der Waals surface area contributed by atoms with E-state index in [0.717, 1.165) is 36.8 Å². The van der Waals surface area contributed by atoms with E-state index in [-0.39, 0.29) is 5.78 Å². The molecule has 4 rings (SSSR count). The van der Waals surface area contributed by atoms with Crippen LogP contribution in [-0.2, 0) is 9.59 Å². The molecule has 0 bridgehead atoms. The number of nitrogen functional groups attached to an aromatic ring is 1. The summed E-state index contributed by atoms with van der Waals surface area (Å²) in [5, 5.41) is 16.7. The lowest BCUT2D eigenvalue weighted by molar-refractivity contribution is -0.134. The number of methoxy groups -OCH3 is 1. The Labute approximate surface area is 203 Å². The van der Waals surface area contributed by atoms with Crippen LogP contribution in [0, 0.1) is 0 Å². The molecule has 3 aromatic rings. The fourth-order valence-electron chi connectivity index (χ4n) is 4.14. The SMILES string of the molecule is COc1cccc(C(=O)c2ccc3c(c2)c(C2CCN(C)CC2)cn3N)c1.O=C(O)C=CC(=O)O. The third-order valence-corrected chi connectivity index (χ3v) is 5.98. The molecule has 0 radical (unpaired) electrons. The van der Waals surface area contributed by atoms with E-state index in [4.69, 9.17) is 20.8 Å². The normalized spacial score (nSPS) is 14.5. The van der Waals surface area contributed by atoms with Crippen molar-refractivity contribution in [3.05, 3.63) is 77.5 Å². The van der Waals surface area contributed by atoms with Gasteiger partial charge in [-0.1, -0.05) is 12.1 Å². The molecule has 9 heteroatoms. The number of aromatic nitrogens is 1. The van der Waals surface area contributed by atoms with Crippen molar-refractivity contribution in [1.29, 1.82) is 0 Å². The number of nitrogens with zero attached hydrogens (tertiary/aromatic N) is 2. The number of aliphatic carboxylic acids is 2. The number of carboxylic acids is 2. The van der Waals surface area contributed by atoms with Crippen molar-refractivity contribution in [2.75, 3.05) is 33.1 Å². The highest BCUT2D eigenvalue weighted by molar-refractivity contribution is 6.11. The summed E-state index contributed by atoms with van der Waals surface area (Å²) < 4.78 is 6.93. The van der Waals surface area contributed by atoms with Gasteiger partial charge in [-0.05, 0) is 74.8 Å². The number of carboxylic acid groups (broad SMARTS) is 2. The Morgan fingerprint density at radius 3 is 2.23 bits per heavy atom. The Balaban J connectivity index is 0.000000371. The Bertz CT molecular complexity index is 1240. The molecule has 1 saturated heterocycles. The highest BCUT2D eigenvalue weighted by Crippen LogP contribution is 2.34. The second-order valence-corrected chi connectivity index (χ2v) is 8.37. The summed E-state index contributed by atoms with van der Waals surface area (Å²) in [5.41, 5.74) is 3.52. The second kappa shape index (κ2) is 11.3. The van der Waals surface area contributed by atoms with E-state index in [1.54, 1.807) is 17.9 Å². The van der Waals surface area contributed by atoms with Crippen LogP contribution >= 0.6 is 0 Å². The van der Waals surface area contributed by atoms with Crippen LogP contribution in [0.2, 0.25) is 0 Å². The average molecular weight is 480 g/mol. The van der Waals surface area contributed by atoms with Gasteiger partial charge in [-0.25, -0.2) is 9.59 Å². The van der Waals surface area contributed by atoms with E-state index >= 15 is 0 Å². The molecule has 0 amide bonds. The third-order valence-electron chi connectivity index (χ3n) is 5.98. The summed E-state index contributed by atoms with van der Waals surface area (Å²) in [4.78, 5) is 34.5. The third kappa shape index (κ3) is 6.48. The van der Waals surface area contributed by atoms with Gasteiger partial charge in [-0.15, -0.1) is 0 Å². The summed E-state index contributed by atoms with van der Waals surface area (Å²) in [5.74, 6) is 4.84. The van der Waals surface area contributed by atoms with Crippen LogP contribution in [0.1, 0.15) is 40.2 Å². The monoisotopic (exact) mass is 479 g/mol. The van der Waals surface area contributed by atoms with Crippen LogP contribution in [-0.4, -0.2) is 64.8 Å². The summed E-state index contributed by atoms with van der Waals surface area (Å²) >= 11 is 0. The Morgan fingerprint density at radius 2 is 1.63 bits per heavy atom. The molecule has 35 heavy (non-hydrogen) atoms. The van der Waals surface area contributed by atoms with Crippen molar-refractivity contribution in [1.82, 2.24) is 9.58 Å². The Morgan fingerprint density at radius 1 is 1.00 bits per heavy atom. The number of nitrogens with two attached hydrogens (primary N) is 1. The number of carbonyl (C=O) groups excluding carboxylic acids is 1. The molecule has 2 heterocycles. The summed E-state index contributed by atoms with van der Waals surface area (Å²) in [6.45, 7) is 2.18. The molecule has 0 aliphatic carbocycles. The smallest absolute Gasteiger partial charge is 0.328 e. The summed E-state index contributed by atoms with van der Waals surface area (Å²) in [6, 6.07) is 13.1. The van der Waals surface area contributed by atoms with Crippen LogP contribution in [0.4, 0.5) is 0 Å². The number of likely N-dealkylation sites (tertiary alicyclic amines) is 1. The fourth-order valence-corrected chi connectivity index (χ4v) is 4.14.